The lowest BCUT2D eigenvalue weighted by Crippen LogP contribution is -2.48. The molecular weight excluding hydrogens is 166 g/mol. The van der Waals surface area contributed by atoms with Gasteiger partial charge in [0.05, 0.1) is 24.4 Å². The Morgan fingerprint density at radius 3 is 2.23 bits per heavy atom. The molecular formula is C10H23NO2. The van der Waals surface area contributed by atoms with Gasteiger partial charge in [0.1, 0.15) is 0 Å². The molecule has 13 heavy (non-hydrogen) atoms. The normalized spacial score (nSPS) is 15.0. The summed E-state index contributed by atoms with van der Waals surface area (Å²) in [5, 5.41) is 0. The molecule has 1 unspecified atom stereocenters. The van der Waals surface area contributed by atoms with Gasteiger partial charge in [0.15, 0.2) is 0 Å². The Labute approximate surface area is 81.6 Å². The van der Waals surface area contributed by atoms with Crippen LogP contribution >= 0.6 is 0 Å². The van der Waals surface area contributed by atoms with Gasteiger partial charge in [-0.2, -0.15) is 0 Å². The minimum Gasteiger partial charge on any atom is -0.377 e. The Morgan fingerprint density at radius 2 is 1.85 bits per heavy atom. The molecule has 0 radical (unpaired) electrons. The van der Waals surface area contributed by atoms with E-state index in [9.17, 15) is 0 Å². The maximum atomic E-state index is 5.94. The zero-order valence-electron chi connectivity index (χ0n) is 9.46. The van der Waals surface area contributed by atoms with Crippen molar-refractivity contribution in [2.45, 2.75) is 52.4 Å². The molecule has 2 N–H and O–H groups in total. The standard InChI is InChI=1S/C10H23NO2/c1-6-13-10(4,5)9(11)7-12-8(2)3/h8-9H,6-7,11H2,1-5H3. The van der Waals surface area contributed by atoms with E-state index in [-0.39, 0.29) is 17.7 Å². The summed E-state index contributed by atoms with van der Waals surface area (Å²) in [4.78, 5) is 0. The first-order valence-corrected chi connectivity index (χ1v) is 4.91. The molecule has 0 amide bonds. The van der Waals surface area contributed by atoms with Crippen LogP contribution in [0.5, 0.6) is 0 Å². The van der Waals surface area contributed by atoms with Gasteiger partial charge in [-0.1, -0.05) is 0 Å². The highest BCUT2D eigenvalue weighted by Crippen LogP contribution is 2.13. The Hall–Kier alpha value is -0.120. The van der Waals surface area contributed by atoms with Gasteiger partial charge in [-0.05, 0) is 34.6 Å². The van der Waals surface area contributed by atoms with Crippen molar-refractivity contribution in [2.24, 2.45) is 5.73 Å². The summed E-state index contributed by atoms with van der Waals surface area (Å²) in [5.74, 6) is 0. The molecule has 0 aliphatic heterocycles. The first kappa shape index (κ1) is 12.9. The largest absolute Gasteiger partial charge is 0.377 e. The van der Waals surface area contributed by atoms with Crippen LogP contribution in [0.1, 0.15) is 34.6 Å². The Bertz CT molecular complexity index is 135. The first-order valence-electron chi connectivity index (χ1n) is 4.91. The molecule has 0 aromatic heterocycles. The van der Waals surface area contributed by atoms with Gasteiger partial charge in [0.2, 0.25) is 0 Å². The predicted octanol–water partition coefficient (Wildman–Crippen LogP) is 1.55. The highest BCUT2D eigenvalue weighted by Gasteiger charge is 2.26. The zero-order chi connectivity index (χ0) is 10.5. The quantitative estimate of drug-likeness (QED) is 0.689. The maximum absolute atomic E-state index is 5.94. The smallest absolute Gasteiger partial charge is 0.0799 e. The topological polar surface area (TPSA) is 44.5 Å². The van der Waals surface area contributed by atoms with Crippen molar-refractivity contribution in [1.29, 1.82) is 0 Å². The molecule has 0 bridgehead atoms. The summed E-state index contributed by atoms with van der Waals surface area (Å²) in [6.45, 7) is 11.2. The van der Waals surface area contributed by atoms with E-state index in [0.717, 1.165) is 0 Å². The summed E-state index contributed by atoms with van der Waals surface area (Å²) in [7, 11) is 0. The van der Waals surface area contributed by atoms with Crippen molar-refractivity contribution in [3.8, 4) is 0 Å². The molecule has 0 spiro atoms. The Kier molecular flexibility index (Phi) is 5.53. The number of rotatable bonds is 6. The monoisotopic (exact) mass is 189 g/mol. The Morgan fingerprint density at radius 1 is 1.31 bits per heavy atom. The van der Waals surface area contributed by atoms with Crippen molar-refractivity contribution in [2.75, 3.05) is 13.2 Å². The summed E-state index contributed by atoms with van der Waals surface area (Å²) < 4.78 is 10.9. The fraction of sp³-hybridized carbons (Fsp3) is 1.00. The molecule has 0 heterocycles. The zero-order valence-corrected chi connectivity index (χ0v) is 9.46. The van der Waals surface area contributed by atoms with Gasteiger partial charge in [-0.3, -0.25) is 0 Å². The van der Waals surface area contributed by atoms with Crippen molar-refractivity contribution < 1.29 is 9.47 Å². The van der Waals surface area contributed by atoms with Crippen LogP contribution in [0.15, 0.2) is 0 Å². The molecule has 0 aromatic rings. The average Bonchev–Trinajstić information content (AvgIpc) is 1.99. The predicted molar refractivity (Wildman–Crippen MR) is 54.8 cm³/mol. The van der Waals surface area contributed by atoms with E-state index in [0.29, 0.717) is 13.2 Å². The van der Waals surface area contributed by atoms with E-state index >= 15 is 0 Å². The summed E-state index contributed by atoms with van der Waals surface area (Å²) >= 11 is 0. The Balaban J connectivity index is 3.86. The average molecular weight is 189 g/mol. The summed E-state index contributed by atoms with van der Waals surface area (Å²) in [6.07, 6.45) is 0.225. The lowest BCUT2D eigenvalue weighted by atomic mass is 10.0. The third-order valence-corrected chi connectivity index (χ3v) is 2.02. The second-order valence-corrected chi connectivity index (χ2v) is 4.03. The van der Waals surface area contributed by atoms with Crippen molar-refractivity contribution in [1.82, 2.24) is 0 Å². The van der Waals surface area contributed by atoms with E-state index in [4.69, 9.17) is 15.2 Å². The molecule has 0 aliphatic rings. The number of nitrogens with two attached hydrogens (primary N) is 1. The molecule has 0 aromatic carbocycles. The SMILES string of the molecule is CCOC(C)(C)C(N)COC(C)C. The summed E-state index contributed by atoms with van der Waals surface area (Å²) in [5.41, 5.74) is 5.63. The van der Waals surface area contributed by atoms with Crippen LogP contribution in [0, 0.1) is 0 Å². The summed E-state index contributed by atoms with van der Waals surface area (Å²) in [6, 6.07) is -0.0742. The van der Waals surface area contributed by atoms with Crippen molar-refractivity contribution >= 4 is 0 Å². The van der Waals surface area contributed by atoms with Gasteiger partial charge < -0.3 is 15.2 Å². The lowest BCUT2D eigenvalue weighted by Gasteiger charge is -2.31. The molecule has 0 saturated heterocycles. The van der Waals surface area contributed by atoms with E-state index in [1.54, 1.807) is 0 Å². The van der Waals surface area contributed by atoms with Gasteiger partial charge in [-0.15, -0.1) is 0 Å². The lowest BCUT2D eigenvalue weighted by molar-refractivity contribution is -0.0569. The molecule has 0 fully saturated rings. The highest BCUT2D eigenvalue weighted by atomic mass is 16.5. The van der Waals surface area contributed by atoms with Gasteiger partial charge in [0, 0.05) is 6.61 Å². The van der Waals surface area contributed by atoms with E-state index in [2.05, 4.69) is 0 Å². The van der Waals surface area contributed by atoms with Crippen molar-refractivity contribution in [3.63, 3.8) is 0 Å². The number of hydrogen-bond acceptors (Lipinski definition) is 3. The second-order valence-electron chi connectivity index (χ2n) is 4.03. The van der Waals surface area contributed by atoms with Gasteiger partial charge in [-0.25, -0.2) is 0 Å². The molecule has 0 saturated carbocycles. The van der Waals surface area contributed by atoms with Crippen LogP contribution in [0.3, 0.4) is 0 Å². The van der Waals surface area contributed by atoms with Gasteiger partial charge in [0.25, 0.3) is 0 Å². The van der Waals surface area contributed by atoms with Crippen LogP contribution in [-0.2, 0) is 9.47 Å². The van der Waals surface area contributed by atoms with Crippen LogP contribution in [0.25, 0.3) is 0 Å². The van der Waals surface area contributed by atoms with Gasteiger partial charge >= 0.3 is 0 Å². The van der Waals surface area contributed by atoms with E-state index < -0.39 is 0 Å². The maximum Gasteiger partial charge on any atom is 0.0799 e. The number of hydrogen-bond donors (Lipinski definition) is 1. The number of ether oxygens (including phenoxy) is 2. The van der Waals surface area contributed by atoms with Crippen LogP contribution in [0.4, 0.5) is 0 Å². The third kappa shape index (κ3) is 5.24. The van der Waals surface area contributed by atoms with E-state index in [1.165, 1.54) is 0 Å². The molecule has 0 aliphatic carbocycles. The van der Waals surface area contributed by atoms with E-state index in [1.807, 2.05) is 34.6 Å². The minimum atomic E-state index is -0.302. The molecule has 80 valence electrons. The first-order chi connectivity index (χ1) is 5.90. The fourth-order valence-electron chi connectivity index (χ4n) is 0.976. The highest BCUT2D eigenvalue weighted by molar-refractivity contribution is 4.82. The van der Waals surface area contributed by atoms with Crippen LogP contribution in [-0.4, -0.2) is 31.0 Å². The molecule has 3 nitrogen and oxygen atoms in total. The molecule has 3 heteroatoms. The molecule has 0 rings (SSSR count). The van der Waals surface area contributed by atoms with Crippen LogP contribution in [0.2, 0.25) is 0 Å². The minimum absolute atomic E-state index is 0.0742. The van der Waals surface area contributed by atoms with Crippen LogP contribution < -0.4 is 5.73 Å². The fourth-order valence-corrected chi connectivity index (χ4v) is 0.976. The van der Waals surface area contributed by atoms with Crippen molar-refractivity contribution in [3.05, 3.63) is 0 Å². The third-order valence-electron chi connectivity index (χ3n) is 2.02. The molecule has 1 atom stereocenters. The second kappa shape index (κ2) is 5.58.